The van der Waals surface area contributed by atoms with Crippen molar-refractivity contribution >= 4 is 28.6 Å². The topological polar surface area (TPSA) is 82.5 Å². The van der Waals surface area contributed by atoms with E-state index in [-0.39, 0.29) is 23.3 Å². The van der Waals surface area contributed by atoms with Gasteiger partial charge < -0.3 is 14.8 Å². The van der Waals surface area contributed by atoms with Crippen LogP contribution in [-0.4, -0.2) is 41.5 Å². The maximum Gasteiger partial charge on any atom is 0.262 e. The van der Waals surface area contributed by atoms with Crippen molar-refractivity contribution in [2.24, 2.45) is 0 Å². The Labute approximate surface area is 179 Å². The van der Waals surface area contributed by atoms with Gasteiger partial charge >= 0.3 is 0 Å². The number of rotatable bonds is 8. The summed E-state index contributed by atoms with van der Waals surface area (Å²) >= 11 is 1.25. The molecular weight excluding hydrogens is 402 g/mol. The lowest BCUT2D eigenvalue weighted by atomic mass is 10.2. The quantitative estimate of drug-likeness (QED) is 0.439. The first-order valence-corrected chi connectivity index (χ1v) is 10.5. The number of methoxy groups -OCH3 is 2. The molecule has 0 unspecified atom stereocenters. The normalized spacial score (nSPS) is 11.0. The standard InChI is InChI=1S/C22H25N3O4S/c1-14(2)23-20(26)13-30-22-24-17-8-6-5-7-16(17)21(27)25(22)12-15-9-10-18(28-3)19(11-15)29-4/h5-11,14H,12-13H2,1-4H3,(H,23,26). The summed E-state index contributed by atoms with van der Waals surface area (Å²) in [6, 6.07) is 12.8. The monoisotopic (exact) mass is 427 g/mol. The number of hydrogen-bond donors (Lipinski definition) is 1. The van der Waals surface area contributed by atoms with Gasteiger partial charge in [-0.25, -0.2) is 4.98 Å². The van der Waals surface area contributed by atoms with Crippen LogP contribution in [0.3, 0.4) is 0 Å². The van der Waals surface area contributed by atoms with Crippen molar-refractivity contribution in [3.8, 4) is 11.5 Å². The van der Waals surface area contributed by atoms with Gasteiger partial charge in [-0.15, -0.1) is 0 Å². The number of nitrogens with one attached hydrogen (secondary N) is 1. The van der Waals surface area contributed by atoms with E-state index in [0.29, 0.717) is 34.1 Å². The summed E-state index contributed by atoms with van der Waals surface area (Å²) in [7, 11) is 3.15. The highest BCUT2D eigenvalue weighted by Crippen LogP contribution is 2.28. The Balaban J connectivity index is 2.00. The van der Waals surface area contributed by atoms with Gasteiger partial charge in [0.05, 0.1) is 37.4 Å². The molecule has 8 heteroatoms. The second-order valence-corrected chi connectivity index (χ2v) is 7.95. The van der Waals surface area contributed by atoms with Crippen molar-refractivity contribution in [1.82, 2.24) is 14.9 Å². The molecule has 3 aromatic rings. The van der Waals surface area contributed by atoms with E-state index in [2.05, 4.69) is 10.3 Å². The number of carbonyl (C=O) groups excluding carboxylic acids is 1. The first-order valence-electron chi connectivity index (χ1n) is 9.55. The fourth-order valence-electron chi connectivity index (χ4n) is 3.05. The van der Waals surface area contributed by atoms with E-state index in [4.69, 9.17) is 9.47 Å². The molecule has 0 aliphatic rings. The number of para-hydroxylation sites is 1. The average molecular weight is 428 g/mol. The van der Waals surface area contributed by atoms with Crippen LogP contribution in [0.1, 0.15) is 19.4 Å². The number of hydrogen-bond acceptors (Lipinski definition) is 6. The summed E-state index contributed by atoms with van der Waals surface area (Å²) in [6.45, 7) is 4.11. The maximum atomic E-state index is 13.2. The molecule has 0 saturated carbocycles. The minimum atomic E-state index is -0.151. The molecule has 0 fully saturated rings. The number of amides is 1. The predicted molar refractivity (Wildman–Crippen MR) is 119 cm³/mol. The number of aromatic nitrogens is 2. The lowest BCUT2D eigenvalue weighted by Gasteiger charge is -2.15. The van der Waals surface area contributed by atoms with Gasteiger partial charge in [-0.05, 0) is 43.7 Å². The van der Waals surface area contributed by atoms with E-state index >= 15 is 0 Å². The van der Waals surface area contributed by atoms with Gasteiger partial charge in [-0.1, -0.05) is 30.0 Å². The second-order valence-electron chi connectivity index (χ2n) is 7.00. The van der Waals surface area contributed by atoms with E-state index in [1.54, 1.807) is 37.0 Å². The molecule has 0 saturated heterocycles. The molecule has 2 aromatic carbocycles. The molecule has 1 N–H and O–H groups in total. The molecule has 158 valence electrons. The number of nitrogens with zero attached hydrogens (tertiary/aromatic N) is 2. The Morgan fingerprint density at radius 2 is 1.87 bits per heavy atom. The van der Waals surface area contributed by atoms with Crippen LogP contribution in [0.15, 0.2) is 52.4 Å². The van der Waals surface area contributed by atoms with Gasteiger partial charge in [0.1, 0.15) is 0 Å². The first kappa shape index (κ1) is 21.7. The highest BCUT2D eigenvalue weighted by molar-refractivity contribution is 7.99. The fourth-order valence-corrected chi connectivity index (χ4v) is 3.86. The Hall–Kier alpha value is -3.00. The summed E-state index contributed by atoms with van der Waals surface area (Å²) in [6.07, 6.45) is 0. The minimum Gasteiger partial charge on any atom is -0.493 e. The summed E-state index contributed by atoms with van der Waals surface area (Å²) in [5.41, 5.74) is 1.32. The molecule has 1 amide bonds. The van der Waals surface area contributed by atoms with Gasteiger partial charge in [0.15, 0.2) is 16.7 Å². The van der Waals surface area contributed by atoms with Crippen LogP contribution in [-0.2, 0) is 11.3 Å². The van der Waals surface area contributed by atoms with E-state index in [9.17, 15) is 9.59 Å². The zero-order valence-electron chi connectivity index (χ0n) is 17.5. The molecule has 0 atom stereocenters. The van der Waals surface area contributed by atoms with Crippen molar-refractivity contribution < 1.29 is 14.3 Å². The first-order chi connectivity index (χ1) is 14.4. The average Bonchev–Trinajstić information content (AvgIpc) is 2.74. The van der Waals surface area contributed by atoms with Crippen LogP contribution in [0.4, 0.5) is 0 Å². The largest absolute Gasteiger partial charge is 0.493 e. The third kappa shape index (κ3) is 4.94. The van der Waals surface area contributed by atoms with E-state index < -0.39 is 0 Å². The van der Waals surface area contributed by atoms with Crippen molar-refractivity contribution in [2.45, 2.75) is 31.6 Å². The molecule has 1 aromatic heterocycles. The summed E-state index contributed by atoms with van der Waals surface area (Å²) in [5.74, 6) is 1.28. The van der Waals surface area contributed by atoms with Crippen molar-refractivity contribution in [3.05, 3.63) is 58.4 Å². The number of ether oxygens (including phenoxy) is 2. The van der Waals surface area contributed by atoms with Crippen LogP contribution in [0, 0.1) is 0 Å². The van der Waals surface area contributed by atoms with Crippen molar-refractivity contribution in [3.63, 3.8) is 0 Å². The molecule has 3 rings (SSSR count). The Bertz CT molecular complexity index is 1110. The predicted octanol–water partition coefficient (Wildman–Crippen LogP) is 3.08. The third-order valence-corrected chi connectivity index (χ3v) is 5.37. The van der Waals surface area contributed by atoms with Crippen LogP contribution in [0.2, 0.25) is 0 Å². The molecular formula is C22H25N3O4S. The zero-order valence-corrected chi connectivity index (χ0v) is 18.3. The van der Waals surface area contributed by atoms with Crippen LogP contribution < -0.4 is 20.3 Å². The third-order valence-electron chi connectivity index (χ3n) is 4.40. The fraction of sp³-hybridized carbons (Fsp3) is 0.318. The molecule has 0 spiro atoms. The van der Waals surface area contributed by atoms with Crippen molar-refractivity contribution in [1.29, 1.82) is 0 Å². The van der Waals surface area contributed by atoms with Gasteiger partial charge in [-0.2, -0.15) is 0 Å². The Morgan fingerprint density at radius 3 is 2.57 bits per heavy atom. The van der Waals surface area contributed by atoms with E-state index in [1.807, 2.05) is 38.1 Å². The highest BCUT2D eigenvalue weighted by Gasteiger charge is 2.15. The summed E-state index contributed by atoms with van der Waals surface area (Å²) in [4.78, 5) is 30.0. The summed E-state index contributed by atoms with van der Waals surface area (Å²) < 4.78 is 12.3. The highest BCUT2D eigenvalue weighted by atomic mass is 32.2. The number of benzene rings is 2. The van der Waals surface area contributed by atoms with E-state index in [1.165, 1.54) is 11.8 Å². The van der Waals surface area contributed by atoms with E-state index in [0.717, 1.165) is 5.56 Å². The molecule has 30 heavy (non-hydrogen) atoms. The van der Waals surface area contributed by atoms with Crippen LogP contribution in [0.25, 0.3) is 10.9 Å². The SMILES string of the molecule is COc1ccc(Cn2c(SCC(=O)NC(C)C)nc3ccccc3c2=O)cc1OC. The van der Waals surface area contributed by atoms with Gasteiger partial charge in [-0.3, -0.25) is 14.2 Å². The molecule has 7 nitrogen and oxygen atoms in total. The smallest absolute Gasteiger partial charge is 0.262 e. The van der Waals surface area contributed by atoms with Gasteiger partial charge in [0, 0.05) is 6.04 Å². The number of thioether (sulfide) groups is 1. The summed E-state index contributed by atoms with van der Waals surface area (Å²) in [5, 5.41) is 3.89. The number of carbonyl (C=O) groups is 1. The zero-order chi connectivity index (χ0) is 21.7. The lowest BCUT2D eigenvalue weighted by Crippen LogP contribution is -2.32. The van der Waals surface area contributed by atoms with Crippen LogP contribution >= 0.6 is 11.8 Å². The Morgan fingerprint density at radius 1 is 1.13 bits per heavy atom. The van der Waals surface area contributed by atoms with Crippen LogP contribution in [0.5, 0.6) is 11.5 Å². The second kappa shape index (κ2) is 9.67. The Kier molecular flexibility index (Phi) is 6.99. The minimum absolute atomic E-state index is 0.0524. The molecule has 0 bridgehead atoms. The molecule has 0 aliphatic heterocycles. The number of fused-ring (bicyclic) bond motifs is 1. The van der Waals surface area contributed by atoms with Gasteiger partial charge in [0.25, 0.3) is 5.56 Å². The lowest BCUT2D eigenvalue weighted by molar-refractivity contribution is -0.119. The van der Waals surface area contributed by atoms with Gasteiger partial charge in [0.2, 0.25) is 5.91 Å². The molecule has 1 heterocycles. The maximum absolute atomic E-state index is 13.2. The molecule has 0 aliphatic carbocycles. The molecule has 0 radical (unpaired) electrons. The van der Waals surface area contributed by atoms with Crippen molar-refractivity contribution in [2.75, 3.05) is 20.0 Å².